The van der Waals surface area contributed by atoms with Crippen LogP contribution in [0.15, 0.2) is 158 Å². The maximum atomic E-state index is 13.0. The van der Waals surface area contributed by atoms with Gasteiger partial charge in [0.1, 0.15) is 13.2 Å². The highest BCUT2D eigenvalue weighted by Gasteiger charge is 2.27. The van der Waals surface area contributed by atoms with Crippen LogP contribution in [0.4, 0.5) is 0 Å². The van der Waals surface area contributed by atoms with E-state index >= 15 is 0 Å². The molecule has 0 radical (unpaired) electrons. The van der Waals surface area contributed by atoms with Crippen LogP contribution in [0.2, 0.25) is 0 Å². The minimum Gasteiger partial charge on any atom is -0.387 e. The van der Waals surface area contributed by atoms with Gasteiger partial charge in [-0.25, -0.2) is 4.57 Å². The van der Waals surface area contributed by atoms with Gasteiger partial charge in [-0.3, -0.25) is 13.8 Å². The Bertz CT molecular complexity index is 1860. The Morgan fingerprint density at radius 3 is 1.15 bits per heavy atom. The van der Waals surface area contributed by atoms with Crippen molar-refractivity contribution in [3.05, 3.63) is 158 Å². The summed E-state index contributed by atoms with van der Waals surface area (Å²) in [4.78, 5) is 23.3. The molecular weight excluding hydrogens is 1010 g/mol. The zero-order valence-electron chi connectivity index (χ0n) is 51.8. The zero-order chi connectivity index (χ0) is 58.4. The van der Waals surface area contributed by atoms with Crippen molar-refractivity contribution in [3.63, 3.8) is 0 Å². The lowest BCUT2D eigenvalue weighted by Gasteiger charge is -2.25. The molecule has 1 amide bonds. The van der Waals surface area contributed by atoms with Crippen LogP contribution in [0.3, 0.4) is 0 Å². The summed E-state index contributed by atoms with van der Waals surface area (Å²) < 4.78 is 23.7. The van der Waals surface area contributed by atoms with E-state index in [9.17, 15) is 19.4 Å². The van der Waals surface area contributed by atoms with Gasteiger partial charge in [0.25, 0.3) is 0 Å². The molecule has 0 aromatic heterocycles. The summed E-state index contributed by atoms with van der Waals surface area (Å²) >= 11 is 0. The summed E-state index contributed by atoms with van der Waals surface area (Å²) in [7, 11) is 1.52. The maximum Gasteiger partial charge on any atom is 0.472 e. The van der Waals surface area contributed by atoms with Gasteiger partial charge in [-0.2, -0.15) is 0 Å². The van der Waals surface area contributed by atoms with Crippen molar-refractivity contribution in [2.45, 2.75) is 244 Å². The number of phosphoric ester groups is 1. The standard InChI is InChI=1S/C71H119N2O6P/c1-6-8-10-12-14-16-18-20-22-24-26-27-28-29-30-31-32-33-34-35-36-37-38-39-40-41-42-43-44-45-47-49-51-53-55-57-59-61-63-65-71(75)72-69(68-79-80(76,77)78-67-66-73(3,4)5)70(74)64-62-60-58-56-54-52-50-48-46-25-23-21-19-17-15-13-11-9-7-2/h8,10,14,16,20,22,26-27,29-30,32-33,35-36,38-39,41-42,44-46,48,54,56,62,64,69-70,74H,6-7,9,11-13,15,17-19,21,23-25,28,31,34,37,40,43,47,49-53,55,57-61,63,65-68H2,1-5H3,(H-,72,75,76,77)/p+1/b10-8-,16-14-,22-20-,27-26-,30-29-,33-32-,36-35-,39-38-,42-41-,45-44-,48-46+,56-54+,64-62+. The number of unbranched alkanes of at least 4 members (excludes halogenated alkanes) is 19. The van der Waals surface area contributed by atoms with Gasteiger partial charge in [-0.15, -0.1) is 0 Å². The number of rotatable bonds is 56. The van der Waals surface area contributed by atoms with E-state index in [1.54, 1.807) is 6.08 Å². The number of hydrogen-bond acceptors (Lipinski definition) is 5. The minimum absolute atomic E-state index is 0.0437. The number of nitrogens with one attached hydrogen (secondary N) is 1. The Labute approximate surface area is 492 Å². The fourth-order valence-electron chi connectivity index (χ4n) is 8.28. The first-order chi connectivity index (χ1) is 39.0. The highest BCUT2D eigenvalue weighted by Crippen LogP contribution is 2.43. The molecule has 0 bridgehead atoms. The minimum atomic E-state index is -4.37. The highest BCUT2D eigenvalue weighted by molar-refractivity contribution is 7.47. The number of amides is 1. The predicted molar refractivity (Wildman–Crippen MR) is 350 cm³/mol. The maximum absolute atomic E-state index is 13.0. The van der Waals surface area contributed by atoms with Crippen LogP contribution in [-0.4, -0.2) is 73.4 Å². The lowest BCUT2D eigenvalue weighted by Crippen LogP contribution is -2.45. The first-order valence-electron chi connectivity index (χ1n) is 31.9. The second-order valence-electron chi connectivity index (χ2n) is 22.0. The van der Waals surface area contributed by atoms with E-state index in [4.69, 9.17) is 9.05 Å². The number of aliphatic hydroxyl groups excluding tert-OH is 1. The largest absolute Gasteiger partial charge is 0.472 e. The summed E-state index contributed by atoms with van der Waals surface area (Å²) in [6.45, 7) is 4.65. The van der Waals surface area contributed by atoms with Crippen LogP contribution in [-0.2, 0) is 18.4 Å². The number of aliphatic hydroxyl groups is 1. The fourth-order valence-corrected chi connectivity index (χ4v) is 9.01. The van der Waals surface area contributed by atoms with Crippen molar-refractivity contribution in [2.75, 3.05) is 40.9 Å². The molecule has 3 unspecified atom stereocenters. The molecule has 0 spiro atoms. The van der Waals surface area contributed by atoms with Gasteiger partial charge in [-0.1, -0.05) is 262 Å². The second-order valence-corrected chi connectivity index (χ2v) is 23.5. The second kappa shape index (κ2) is 59.7. The Morgan fingerprint density at radius 1 is 0.438 bits per heavy atom. The van der Waals surface area contributed by atoms with Gasteiger partial charge in [0.15, 0.2) is 0 Å². The molecular formula is C71H120N2O6P+. The quantitative estimate of drug-likeness (QED) is 0.0243. The Morgan fingerprint density at radius 2 is 0.762 bits per heavy atom. The van der Waals surface area contributed by atoms with Gasteiger partial charge in [-0.05, 0) is 122 Å². The van der Waals surface area contributed by atoms with E-state index in [0.717, 1.165) is 122 Å². The third kappa shape index (κ3) is 61.7. The number of carbonyl (C=O) groups is 1. The number of nitrogens with zero attached hydrogens (tertiary/aromatic N) is 1. The molecule has 8 nitrogen and oxygen atoms in total. The predicted octanol–water partition coefficient (Wildman–Crippen LogP) is 20.2. The van der Waals surface area contributed by atoms with Crippen molar-refractivity contribution in [1.29, 1.82) is 0 Å². The van der Waals surface area contributed by atoms with Gasteiger partial charge in [0.05, 0.1) is 39.9 Å². The number of phosphoric acid groups is 1. The molecule has 454 valence electrons. The fraction of sp³-hybridized carbons (Fsp3) is 0.620. The molecule has 3 atom stereocenters. The highest BCUT2D eigenvalue weighted by atomic mass is 31.2. The monoisotopic (exact) mass is 1130 g/mol. The Kier molecular flexibility index (Phi) is 56.8. The number of likely N-dealkylation sites (N-methyl/N-ethyl adjacent to an activating group) is 1. The number of quaternary nitrogens is 1. The molecule has 0 aliphatic carbocycles. The molecule has 80 heavy (non-hydrogen) atoms. The van der Waals surface area contributed by atoms with E-state index in [2.05, 4.69) is 165 Å². The third-order valence-electron chi connectivity index (χ3n) is 13.2. The molecule has 9 heteroatoms. The molecule has 0 rings (SSSR count). The number of carbonyl (C=O) groups excluding carboxylic acids is 1. The average Bonchev–Trinajstić information content (AvgIpc) is 3.42. The smallest absolute Gasteiger partial charge is 0.387 e. The first kappa shape index (κ1) is 76.1. The molecule has 0 saturated heterocycles. The molecule has 0 saturated carbocycles. The van der Waals surface area contributed by atoms with Crippen LogP contribution in [0, 0.1) is 0 Å². The van der Waals surface area contributed by atoms with E-state index in [0.29, 0.717) is 17.4 Å². The zero-order valence-corrected chi connectivity index (χ0v) is 52.6. The van der Waals surface area contributed by atoms with Crippen LogP contribution in [0.25, 0.3) is 0 Å². The van der Waals surface area contributed by atoms with Crippen molar-refractivity contribution < 1.29 is 32.9 Å². The van der Waals surface area contributed by atoms with E-state index in [1.807, 2.05) is 27.2 Å². The third-order valence-corrected chi connectivity index (χ3v) is 14.2. The first-order valence-corrected chi connectivity index (χ1v) is 33.4. The average molecular weight is 1130 g/mol. The summed E-state index contributed by atoms with van der Waals surface area (Å²) in [5.74, 6) is -0.206. The van der Waals surface area contributed by atoms with Gasteiger partial charge < -0.3 is 19.8 Å². The van der Waals surface area contributed by atoms with Crippen molar-refractivity contribution in [2.24, 2.45) is 0 Å². The van der Waals surface area contributed by atoms with Crippen LogP contribution in [0.1, 0.15) is 232 Å². The summed E-state index contributed by atoms with van der Waals surface area (Å²) in [6.07, 6.45) is 93.6. The van der Waals surface area contributed by atoms with Gasteiger partial charge in [0.2, 0.25) is 5.91 Å². The topological polar surface area (TPSA) is 105 Å². The van der Waals surface area contributed by atoms with Crippen molar-refractivity contribution in [3.8, 4) is 0 Å². The normalized spacial score (nSPS) is 14.8. The van der Waals surface area contributed by atoms with E-state index in [1.165, 1.54) is 89.9 Å². The molecule has 0 heterocycles. The van der Waals surface area contributed by atoms with E-state index < -0.39 is 20.0 Å². The summed E-state index contributed by atoms with van der Waals surface area (Å²) in [6, 6.07) is -0.887. The molecule has 0 aliphatic rings. The SMILES string of the molecule is CC/C=C\C/C=C\C/C=C\C/C=C\C/C=C\C/C=C\C/C=C\C/C=C\C/C=C\C/C=C\CCCCCCCCCCC(=O)NC(COP(=O)(O)OCC[N+](C)(C)C)C(O)/C=C/CC/C=C/CC/C=C/CCCCCCCCCCC. The molecule has 0 aliphatic heterocycles. The van der Waals surface area contributed by atoms with Gasteiger partial charge in [0, 0.05) is 6.42 Å². The van der Waals surface area contributed by atoms with Crippen LogP contribution < -0.4 is 5.32 Å². The van der Waals surface area contributed by atoms with E-state index in [-0.39, 0.29) is 19.1 Å². The summed E-state index contributed by atoms with van der Waals surface area (Å²) in [5, 5.41) is 13.9. The van der Waals surface area contributed by atoms with Crippen molar-refractivity contribution in [1.82, 2.24) is 5.32 Å². The molecule has 3 N–H and O–H groups in total. The van der Waals surface area contributed by atoms with Gasteiger partial charge >= 0.3 is 7.82 Å². The van der Waals surface area contributed by atoms with Crippen LogP contribution in [0.5, 0.6) is 0 Å². The number of hydrogen-bond donors (Lipinski definition) is 3. The lowest BCUT2D eigenvalue weighted by atomic mass is 10.1. The number of allylic oxidation sites excluding steroid dienone is 25. The van der Waals surface area contributed by atoms with Crippen molar-refractivity contribution >= 4 is 13.7 Å². The molecule has 0 fully saturated rings. The van der Waals surface area contributed by atoms with Crippen LogP contribution >= 0.6 is 7.82 Å². The molecule has 0 aromatic rings. The lowest BCUT2D eigenvalue weighted by molar-refractivity contribution is -0.870. The Hall–Kier alpha value is -3.88. The molecule has 0 aromatic carbocycles. The Balaban J connectivity index is 4.22. The summed E-state index contributed by atoms with van der Waals surface area (Å²) in [5.41, 5.74) is 0.